The molecular formula is C23H23IN4O5. The highest BCUT2D eigenvalue weighted by Crippen LogP contribution is 2.45. The quantitative estimate of drug-likeness (QED) is 0.205. The number of hydrogen-bond acceptors (Lipinski definition) is 8. The number of benzene rings is 1. The number of rotatable bonds is 10. The number of nitro groups is 1. The molecule has 1 saturated carbocycles. The Morgan fingerprint density at radius 1 is 1.12 bits per heavy atom. The molecule has 33 heavy (non-hydrogen) atoms. The van der Waals surface area contributed by atoms with Crippen molar-refractivity contribution in [2.45, 2.75) is 25.5 Å². The van der Waals surface area contributed by atoms with Crippen LogP contribution >= 0.6 is 22.6 Å². The van der Waals surface area contributed by atoms with Crippen LogP contribution in [0, 0.1) is 19.6 Å². The van der Waals surface area contributed by atoms with E-state index in [1.165, 1.54) is 6.07 Å². The molecule has 0 saturated heterocycles. The maximum atomic E-state index is 11.3. The summed E-state index contributed by atoms with van der Waals surface area (Å²) in [5, 5.41) is 14.4. The van der Waals surface area contributed by atoms with Crippen molar-refractivity contribution in [2.75, 3.05) is 19.5 Å². The number of ether oxygens (including phenoxy) is 3. The van der Waals surface area contributed by atoms with Gasteiger partial charge in [0.15, 0.2) is 11.5 Å². The third-order valence-electron chi connectivity index (χ3n) is 5.32. The van der Waals surface area contributed by atoms with Crippen LogP contribution in [0.25, 0.3) is 0 Å². The monoisotopic (exact) mass is 562 g/mol. The molecule has 4 rings (SSSR count). The zero-order valence-electron chi connectivity index (χ0n) is 18.2. The average molecular weight is 562 g/mol. The molecule has 0 aliphatic heterocycles. The minimum Gasteiger partial charge on any atom is -0.493 e. The molecule has 10 heteroatoms. The van der Waals surface area contributed by atoms with Gasteiger partial charge in [0.25, 0.3) is 0 Å². The fraction of sp³-hybridized carbons (Fsp3) is 0.304. The predicted molar refractivity (Wildman–Crippen MR) is 131 cm³/mol. The lowest BCUT2D eigenvalue weighted by Gasteiger charge is -2.21. The number of halogens is 1. The second-order valence-corrected chi connectivity index (χ2v) is 8.87. The average Bonchev–Trinajstić information content (AvgIpc) is 3.67. The Kier molecular flexibility index (Phi) is 7.11. The van der Waals surface area contributed by atoms with Gasteiger partial charge in [0.2, 0.25) is 11.7 Å². The zero-order valence-corrected chi connectivity index (χ0v) is 20.3. The van der Waals surface area contributed by atoms with Crippen LogP contribution in [0.5, 0.6) is 17.4 Å². The largest absolute Gasteiger partial charge is 0.493 e. The Balaban J connectivity index is 1.50. The van der Waals surface area contributed by atoms with Crippen LogP contribution in [0.1, 0.15) is 30.1 Å². The van der Waals surface area contributed by atoms with Gasteiger partial charge in [-0.3, -0.25) is 10.1 Å². The maximum absolute atomic E-state index is 11.3. The molecule has 0 bridgehead atoms. The second-order valence-electron chi connectivity index (χ2n) is 7.63. The van der Waals surface area contributed by atoms with Gasteiger partial charge in [0, 0.05) is 46.1 Å². The molecule has 0 radical (unpaired) electrons. The van der Waals surface area contributed by atoms with E-state index in [1.54, 1.807) is 26.6 Å². The van der Waals surface area contributed by atoms with Crippen molar-refractivity contribution < 1.29 is 19.1 Å². The van der Waals surface area contributed by atoms with Crippen LogP contribution in [0.3, 0.4) is 0 Å². The zero-order chi connectivity index (χ0) is 23.4. The number of hydrogen-bond donors (Lipinski definition) is 1. The standard InChI is InChI=1S/C23H23IN4O5/c1-31-20-9-14(11-26-23-18(28(29)30)10-17(24)13-27-23)3-7-19(20)33-22(15-4-5-15)16-6-8-21(32-2)25-12-16/h3,6-10,12-13,15,22H,4-5,11H2,1-2H3,(H,26,27). The van der Waals surface area contributed by atoms with Crippen LogP contribution in [0.15, 0.2) is 48.8 Å². The van der Waals surface area contributed by atoms with Gasteiger partial charge in [0.05, 0.1) is 19.1 Å². The molecule has 1 atom stereocenters. The molecule has 1 fully saturated rings. The lowest BCUT2D eigenvalue weighted by molar-refractivity contribution is -0.384. The van der Waals surface area contributed by atoms with Gasteiger partial charge < -0.3 is 19.5 Å². The molecule has 1 aliphatic rings. The van der Waals surface area contributed by atoms with Gasteiger partial charge in [-0.2, -0.15) is 0 Å². The molecule has 1 N–H and O–H groups in total. The lowest BCUT2D eigenvalue weighted by atomic mass is 10.1. The van der Waals surface area contributed by atoms with E-state index < -0.39 is 4.92 Å². The molecule has 2 aromatic heterocycles. The maximum Gasteiger partial charge on any atom is 0.312 e. The molecule has 172 valence electrons. The molecule has 0 spiro atoms. The Labute approximate surface area is 204 Å². The molecule has 1 aliphatic carbocycles. The van der Waals surface area contributed by atoms with E-state index >= 15 is 0 Å². The minimum atomic E-state index is -0.443. The van der Waals surface area contributed by atoms with Gasteiger partial charge in [-0.05, 0) is 59.2 Å². The van der Waals surface area contributed by atoms with E-state index in [0.717, 1.165) is 24.0 Å². The van der Waals surface area contributed by atoms with Gasteiger partial charge in [-0.25, -0.2) is 9.97 Å². The van der Waals surface area contributed by atoms with Gasteiger partial charge in [-0.1, -0.05) is 6.07 Å². The van der Waals surface area contributed by atoms with Gasteiger partial charge in [-0.15, -0.1) is 0 Å². The van der Waals surface area contributed by atoms with Crippen molar-refractivity contribution in [3.63, 3.8) is 0 Å². The molecule has 1 unspecified atom stereocenters. The van der Waals surface area contributed by atoms with E-state index in [4.69, 9.17) is 14.2 Å². The Hall–Kier alpha value is -3.15. The van der Waals surface area contributed by atoms with E-state index in [0.29, 0.717) is 33.4 Å². The first kappa shape index (κ1) is 23.0. The number of aromatic nitrogens is 2. The number of methoxy groups -OCH3 is 2. The summed E-state index contributed by atoms with van der Waals surface area (Å²) in [6, 6.07) is 10.9. The first-order valence-electron chi connectivity index (χ1n) is 10.4. The normalized spacial score (nSPS) is 13.8. The Morgan fingerprint density at radius 2 is 1.94 bits per heavy atom. The lowest BCUT2D eigenvalue weighted by Crippen LogP contribution is -2.11. The number of nitrogens with one attached hydrogen (secondary N) is 1. The number of nitrogens with zero attached hydrogens (tertiary/aromatic N) is 3. The first-order chi connectivity index (χ1) is 16.0. The van der Waals surface area contributed by atoms with Crippen LogP contribution in [-0.4, -0.2) is 29.1 Å². The van der Waals surface area contributed by atoms with E-state index in [9.17, 15) is 10.1 Å². The summed E-state index contributed by atoms with van der Waals surface area (Å²) in [6.45, 7) is 0.347. The Bertz CT molecular complexity index is 1140. The smallest absolute Gasteiger partial charge is 0.312 e. The van der Waals surface area contributed by atoms with Crippen molar-refractivity contribution in [3.05, 3.63) is 73.6 Å². The van der Waals surface area contributed by atoms with Crippen LogP contribution in [0.4, 0.5) is 11.5 Å². The molecule has 3 aromatic rings. The first-order valence-corrected chi connectivity index (χ1v) is 11.4. The summed E-state index contributed by atoms with van der Waals surface area (Å²) in [5.41, 5.74) is 1.81. The van der Waals surface area contributed by atoms with Crippen molar-refractivity contribution in [1.82, 2.24) is 9.97 Å². The summed E-state index contributed by atoms with van der Waals surface area (Å²) in [6.07, 6.45) is 5.44. The molecule has 2 heterocycles. The van der Waals surface area contributed by atoms with Gasteiger partial charge in [0.1, 0.15) is 6.10 Å². The number of anilines is 1. The molecule has 1 aromatic carbocycles. The van der Waals surface area contributed by atoms with Crippen LogP contribution < -0.4 is 19.5 Å². The third-order valence-corrected chi connectivity index (χ3v) is 5.91. The van der Waals surface area contributed by atoms with Crippen molar-refractivity contribution in [3.8, 4) is 17.4 Å². The number of pyridine rings is 2. The van der Waals surface area contributed by atoms with Crippen molar-refractivity contribution >= 4 is 34.1 Å². The predicted octanol–water partition coefficient (Wildman–Crippen LogP) is 5.15. The fourth-order valence-electron chi connectivity index (χ4n) is 3.46. The van der Waals surface area contributed by atoms with Crippen molar-refractivity contribution in [1.29, 1.82) is 0 Å². The molecular weight excluding hydrogens is 539 g/mol. The molecule has 0 amide bonds. The van der Waals surface area contributed by atoms with Gasteiger partial charge >= 0.3 is 5.69 Å². The third kappa shape index (κ3) is 5.62. The minimum absolute atomic E-state index is 0.0609. The van der Waals surface area contributed by atoms with E-state index in [-0.39, 0.29) is 17.6 Å². The van der Waals surface area contributed by atoms with Crippen LogP contribution in [-0.2, 0) is 6.54 Å². The van der Waals surface area contributed by atoms with E-state index in [2.05, 4.69) is 15.3 Å². The fourth-order valence-corrected chi connectivity index (χ4v) is 3.90. The summed E-state index contributed by atoms with van der Waals surface area (Å²) in [5.74, 6) is 2.43. The summed E-state index contributed by atoms with van der Waals surface area (Å²) < 4.78 is 17.8. The highest BCUT2D eigenvalue weighted by Gasteiger charge is 2.35. The summed E-state index contributed by atoms with van der Waals surface area (Å²) in [7, 11) is 3.18. The van der Waals surface area contributed by atoms with Crippen LogP contribution in [0.2, 0.25) is 0 Å². The Morgan fingerprint density at radius 3 is 2.58 bits per heavy atom. The highest BCUT2D eigenvalue weighted by atomic mass is 127. The highest BCUT2D eigenvalue weighted by molar-refractivity contribution is 14.1. The topological polar surface area (TPSA) is 109 Å². The summed E-state index contributed by atoms with van der Waals surface area (Å²) >= 11 is 2.00. The van der Waals surface area contributed by atoms with E-state index in [1.807, 2.05) is 52.9 Å². The summed E-state index contributed by atoms with van der Waals surface area (Å²) in [4.78, 5) is 19.3. The molecule has 9 nitrogen and oxygen atoms in total. The second kappa shape index (κ2) is 10.2. The SMILES string of the molecule is COc1ccc(C(Oc2ccc(CNc3ncc(I)cc3[N+](=O)[O-])cc2OC)C2CC2)cn1. The van der Waals surface area contributed by atoms with Crippen molar-refractivity contribution in [2.24, 2.45) is 5.92 Å².